The van der Waals surface area contributed by atoms with Crippen LogP contribution in [0.25, 0.3) is 0 Å². The molecule has 448 valence electrons. The Bertz CT molecular complexity index is 2300. The zero-order valence-electron chi connectivity index (χ0n) is 49.8. The number of carbonyl (C=O) groups is 8. The molecule has 21 nitrogen and oxygen atoms in total. The minimum Gasteiger partial charge on any atom is -0.480 e. The summed E-state index contributed by atoms with van der Waals surface area (Å²) < 4.78 is 12.0. The molecule has 8 amide bonds. The average Bonchev–Trinajstić information content (AvgIpc) is 3.90. The minimum atomic E-state index is -1.16. The van der Waals surface area contributed by atoms with Crippen LogP contribution in [-0.4, -0.2) is 170 Å². The van der Waals surface area contributed by atoms with Crippen molar-refractivity contribution in [3.05, 3.63) is 65.7 Å². The molecule has 0 radical (unpaired) electrons. The van der Waals surface area contributed by atoms with Gasteiger partial charge in [-0.2, -0.15) is 0 Å². The van der Waals surface area contributed by atoms with Crippen molar-refractivity contribution < 1.29 is 52.9 Å². The number of anilines is 1. The van der Waals surface area contributed by atoms with Gasteiger partial charge in [0, 0.05) is 53.0 Å². The Morgan fingerprint density at radius 3 is 1.95 bits per heavy atom. The molecule has 0 aliphatic carbocycles. The van der Waals surface area contributed by atoms with E-state index in [1.165, 1.54) is 14.2 Å². The first-order chi connectivity index (χ1) is 37.8. The third-order valence-electron chi connectivity index (χ3n) is 15.4. The molecule has 0 aromatic heterocycles. The fourth-order valence-electron chi connectivity index (χ4n) is 10.7. The number of likely N-dealkylation sites (N-methyl/N-ethyl adjacent to an activating group) is 2. The van der Waals surface area contributed by atoms with Crippen molar-refractivity contribution in [3.63, 3.8) is 0 Å². The van der Waals surface area contributed by atoms with Gasteiger partial charge in [-0.15, -0.1) is 0 Å². The first-order valence-corrected chi connectivity index (χ1v) is 28.4. The number of likely N-dealkylation sites (tertiary alicyclic amines) is 1. The Labute approximate surface area is 475 Å². The zero-order chi connectivity index (χ0) is 60.0. The Kier molecular flexibility index (Phi) is 28.6. The van der Waals surface area contributed by atoms with Crippen molar-refractivity contribution in [1.82, 2.24) is 36.0 Å². The van der Waals surface area contributed by atoms with Crippen molar-refractivity contribution in [2.45, 2.75) is 175 Å². The van der Waals surface area contributed by atoms with E-state index in [4.69, 9.17) is 20.9 Å². The monoisotopic (exact) mass is 1120 g/mol. The normalized spacial score (nSPS) is 17.3. The predicted molar refractivity (Wildman–Crippen MR) is 309 cm³/mol. The minimum absolute atomic E-state index is 0.0325. The summed E-state index contributed by atoms with van der Waals surface area (Å²) in [5, 5.41) is 23.9. The summed E-state index contributed by atoms with van der Waals surface area (Å²) in [6, 6.07) is 10.2. The second-order valence-corrected chi connectivity index (χ2v) is 22.7. The smallest absolute Gasteiger partial charge is 0.326 e. The predicted octanol–water partition coefficient (Wildman–Crippen LogP) is 4.30. The van der Waals surface area contributed by atoms with Gasteiger partial charge < -0.3 is 62.4 Å². The molecule has 0 saturated carbocycles. The lowest BCUT2D eigenvalue weighted by Crippen LogP contribution is -2.59. The number of benzene rings is 2. The molecule has 1 heterocycles. The summed E-state index contributed by atoms with van der Waals surface area (Å²) >= 11 is 0. The van der Waals surface area contributed by atoms with E-state index in [2.05, 4.69) is 26.6 Å². The number of hydrogen-bond donors (Lipinski definition) is 8. The first-order valence-electron chi connectivity index (χ1n) is 28.4. The summed E-state index contributed by atoms with van der Waals surface area (Å²) in [7, 11) is 6.58. The highest BCUT2D eigenvalue weighted by Gasteiger charge is 2.43. The van der Waals surface area contributed by atoms with E-state index in [9.17, 15) is 43.5 Å². The van der Waals surface area contributed by atoms with Crippen molar-refractivity contribution in [2.24, 2.45) is 41.1 Å². The third kappa shape index (κ3) is 20.7. The number of nitrogens with one attached hydrogen (secondary N) is 5. The zero-order valence-corrected chi connectivity index (χ0v) is 49.8. The first kappa shape index (κ1) is 68.1. The number of primary amides is 1. The maximum Gasteiger partial charge on any atom is 0.326 e. The molecule has 2 aromatic rings. The van der Waals surface area contributed by atoms with E-state index in [1.807, 2.05) is 97.7 Å². The average molecular weight is 1120 g/mol. The van der Waals surface area contributed by atoms with E-state index in [1.54, 1.807) is 48.0 Å². The third-order valence-corrected chi connectivity index (χ3v) is 15.4. The molecule has 0 unspecified atom stereocenters. The van der Waals surface area contributed by atoms with E-state index in [0.29, 0.717) is 57.3 Å². The number of methoxy groups -OCH3 is 2. The number of nitrogens with zero attached hydrogens (tertiary/aromatic N) is 3. The van der Waals surface area contributed by atoms with Gasteiger partial charge in [0.2, 0.25) is 35.4 Å². The summed E-state index contributed by atoms with van der Waals surface area (Å²) in [4.78, 5) is 112. The number of carboxylic acids is 1. The number of urea groups is 1. The summed E-state index contributed by atoms with van der Waals surface area (Å²) in [6.07, 6.45) is 1.99. The van der Waals surface area contributed by atoms with E-state index in [-0.39, 0.29) is 67.2 Å². The van der Waals surface area contributed by atoms with Gasteiger partial charge in [0.1, 0.15) is 18.1 Å². The van der Waals surface area contributed by atoms with Crippen molar-refractivity contribution in [3.8, 4) is 0 Å². The molecule has 11 atom stereocenters. The number of hydrogen-bond acceptors (Lipinski definition) is 12. The number of carboxylic acid groups (broad SMARTS) is 1. The van der Waals surface area contributed by atoms with Gasteiger partial charge in [0.25, 0.3) is 0 Å². The molecule has 21 heteroatoms. The van der Waals surface area contributed by atoms with Crippen LogP contribution in [0.2, 0.25) is 0 Å². The number of amides is 8. The fourth-order valence-corrected chi connectivity index (χ4v) is 10.7. The Morgan fingerprint density at radius 1 is 0.775 bits per heavy atom. The Hall–Kier alpha value is -6.16. The van der Waals surface area contributed by atoms with E-state index in [0.717, 1.165) is 11.1 Å². The van der Waals surface area contributed by atoms with Gasteiger partial charge in [0.05, 0.1) is 48.7 Å². The number of ether oxygens (including phenoxy) is 2. The van der Waals surface area contributed by atoms with Crippen LogP contribution in [0.5, 0.6) is 0 Å². The fraction of sp³-hybridized carbons (Fsp3) is 0.661. The molecular weight excluding hydrogens is 1020 g/mol. The number of aliphatic carboxylic acids is 1. The Balaban J connectivity index is 1.73. The van der Waals surface area contributed by atoms with E-state index < -0.39 is 90.1 Å². The topological polar surface area (TPSA) is 297 Å². The summed E-state index contributed by atoms with van der Waals surface area (Å²) in [5.41, 5.74) is 13.5. The van der Waals surface area contributed by atoms with Crippen LogP contribution in [-0.2, 0) is 55.9 Å². The SMILES string of the molecule is CC[C@H](C)[C@@H]([C@@H](CC(=O)N1CCC[C@H]1[C@H](OC)[C@@H](C)C(=O)N[C@@H](Cc1ccccc1)C(=O)O)OC)N(C)C(=O)[C@H](CC(C)C)NC(=O)[C@H](C(C)C)N(C)CCc1ccc(NC(=O)[C@H](CCCNC(N)=O)NC(=O)[C@@H](N)C(C)C)cc1. The largest absolute Gasteiger partial charge is 0.480 e. The van der Waals surface area contributed by atoms with Crippen LogP contribution in [0.15, 0.2) is 54.6 Å². The maximum atomic E-state index is 14.9. The van der Waals surface area contributed by atoms with Gasteiger partial charge in [-0.25, -0.2) is 9.59 Å². The summed E-state index contributed by atoms with van der Waals surface area (Å²) in [5.74, 6) is -4.56. The van der Waals surface area contributed by atoms with Crippen LogP contribution < -0.4 is 38.1 Å². The van der Waals surface area contributed by atoms with Crippen LogP contribution in [0.4, 0.5) is 10.5 Å². The van der Waals surface area contributed by atoms with Crippen molar-refractivity contribution in [1.29, 1.82) is 0 Å². The molecule has 1 fully saturated rings. The molecule has 80 heavy (non-hydrogen) atoms. The standard InChI is InChI=1S/C59H96N10O11/c1-14-38(8)51(47(79-12)34-48(70)69-30-19-23-46(69)52(80-13)39(9)53(71)66-45(58(76)77)33-41-20-16-15-17-21-41)68(11)57(75)44(32-35(2)3)65-56(74)50(37(6)7)67(10)31-28-40-24-26-42(27-25-40)63-54(72)43(22-18-29-62-59(61)78)64-55(73)49(60)36(4)5/h15-17,20-21,24-27,35-39,43-47,49-52H,14,18-19,22-23,28-34,60H2,1-13H3,(H,63,72)(H,64,73)(H,65,74)(H,66,71)(H,76,77)(H3,61,62,78)/t38-,39+,43-,44-,45-,46-,47+,49-,50-,51-,52+/m0/s1. The number of nitrogens with two attached hydrogens (primary N) is 2. The lowest BCUT2D eigenvalue weighted by Gasteiger charge is -2.41. The van der Waals surface area contributed by atoms with Crippen LogP contribution in [0.1, 0.15) is 118 Å². The Morgan fingerprint density at radius 2 is 1.40 bits per heavy atom. The number of rotatable bonds is 34. The molecule has 1 aliphatic rings. The highest BCUT2D eigenvalue weighted by Crippen LogP contribution is 2.30. The highest BCUT2D eigenvalue weighted by molar-refractivity contribution is 5.98. The maximum absolute atomic E-state index is 14.9. The molecule has 10 N–H and O–H groups in total. The van der Waals surface area contributed by atoms with Crippen LogP contribution in [0, 0.1) is 29.6 Å². The lowest BCUT2D eigenvalue weighted by molar-refractivity contribution is -0.148. The molecule has 3 rings (SSSR count). The highest BCUT2D eigenvalue weighted by atomic mass is 16.5. The molecule has 2 aromatic carbocycles. The van der Waals surface area contributed by atoms with Crippen molar-refractivity contribution >= 4 is 53.1 Å². The van der Waals surface area contributed by atoms with Gasteiger partial charge in [-0.3, -0.25) is 33.7 Å². The van der Waals surface area contributed by atoms with Gasteiger partial charge in [0.15, 0.2) is 0 Å². The quantitative estimate of drug-likeness (QED) is 0.0454. The van der Waals surface area contributed by atoms with Gasteiger partial charge in [-0.05, 0) is 92.5 Å². The van der Waals surface area contributed by atoms with E-state index >= 15 is 0 Å². The van der Waals surface area contributed by atoms with Crippen LogP contribution >= 0.6 is 0 Å². The van der Waals surface area contributed by atoms with Gasteiger partial charge in [-0.1, -0.05) is 111 Å². The second-order valence-electron chi connectivity index (χ2n) is 22.7. The molecular formula is C59H96N10O11. The van der Waals surface area contributed by atoms with Crippen LogP contribution in [0.3, 0.4) is 0 Å². The molecule has 1 aliphatic heterocycles. The second kappa shape index (κ2) is 33.6. The molecule has 1 saturated heterocycles. The van der Waals surface area contributed by atoms with Gasteiger partial charge >= 0.3 is 12.0 Å². The van der Waals surface area contributed by atoms with Crippen molar-refractivity contribution in [2.75, 3.05) is 53.3 Å². The molecule has 0 spiro atoms. The lowest BCUT2D eigenvalue weighted by atomic mass is 9.89. The number of carbonyl (C=O) groups excluding carboxylic acids is 7. The molecule has 0 bridgehead atoms. The summed E-state index contributed by atoms with van der Waals surface area (Å²) in [6.45, 7) is 18.4.